The van der Waals surface area contributed by atoms with E-state index in [1.807, 2.05) is 38.1 Å². The van der Waals surface area contributed by atoms with Gasteiger partial charge >= 0.3 is 6.18 Å². The predicted molar refractivity (Wildman–Crippen MR) is 98.5 cm³/mol. The SMILES string of the molecule is CCC[C@@H](Oc1cccc(C(F)(F)F)c1C#N)C(=O)NCc1ccccc1C. The molecule has 0 spiro atoms. The van der Waals surface area contributed by atoms with Gasteiger partial charge in [0.15, 0.2) is 6.10 Å². The molecule has 0 bridgehead atoms. The molecular weight excluding hydrogens is 369 g/mol. The molecule has 0 fully saturated rings. The van der Waals surface area contributed by atoms with Gasteiger partial charge in [-0.15, -0.1) is 0 Å². The van der Waals surface area contributed by atoms with Crippen molar-refractivity contribution in [1.29, 1.82) is 5.26 Å². The van der Waals surface area contributed by atoms with Gasteiger partial charge < -0.3 is 10.1 Å². The van der Waals surface area contributed by atoms with Crippen LogP contribution in [0.15, 0.2) is 42.5 Å². The third kappa shape index (κ3) is 5.26. The molecule has 0 unspecified atom stereocenters. The average molecular weight is 390 g/mol. The lowest BCUT2D eigenvalue weighted by Crippen LogP contribution is -2.38. The second-order valence-corrected chi connectivity index (χ2v) is 6.33. The van der Waals surface area contributed by atoms with Gasteiger partial charge in [-0.1, -0.05) is 43.7 Å². The van der Waals surface area contributed by atoms with Crippen molar-refractivity contribution in [2.45, 2.75) is 45.5 Å². The van der Waals surface area contributed by atoms with Crippen molar-refractivity contribution < 1.29 is 22.7 Å². The number of rotatable bonds is 7. The molecule has 28 heavy (non-hydrogen) atoms. The maximum Gasteiger partial charge on any atom is 0.417 e. The van der Waals surface area contributed by atoms with Crippen LogP contribution < -0.4 is 10.1 Å². The monoisotopic (exact) mass is 390 g/mol. The first kappa shape index (κ1) is 21.3. The molecule has 2 rings (SSSR count). The fourth-order valence-corrected chi connectivity index (χ4v) is 2.74. The minimum atomic E-state index is -4.68. The number of halogens is 3. The summed E-state index contributed by atoms with van der Waals surface area (Å²) in [6, 6.07) is 12.3. The second-order valence-electron chi connectivity index (χ2n) is 6.33. The van der Waals surface area contributed by atoms with E-state index in [2.05, 4.69) is 5.32 Å². The van der Waals surface area contributed by atoms with Gasteiger partial charge in [-0.05, 0) is 36.6 Å². The van der Waals surface area contributed by atoms with Gasteiger partial charge in [0.25, 0.3) is 5.91 Å². The molecule has 2 aromatic rings. The Morgan fingerprint density at radius 2 is 1.93 bits per heavy atom. The molecule has 1 N–H and O–H groups in total. The molecule has 1 amide bonds. The molecule has 2 aromatic carbocycles. The van der Waals surface area contributed by atoms with E-state index in [-0.39, 0.29) is 12.3 Å². The minimum Gasteiger partial charge on any atom is -0.479 e. The highest BCUT2D eigenvalue weighted by Crippen LogP contribution is 2.36. The summed E-state index contributed by atoms with van der Waals surface area (Å²) in [7, 11) is 0. The Kier molecular flexibility index (Phi) is 7.05. The molecular formula is C21H21F3N2O2. The Morgan fingerprint density at radius 3 is 2.54 bits per heavy atom. The Labute approximate surface area is 161 Å². The zero-order valence-corrected chi connectivity index (χ0v) is 15.6. The Bertz CT molecular complexity index is 873. The first-order valence-corrected chi connectivity index (χ1v) is 8.87. The minimum absolute atomic E-state index is 0.248. The van der Waals surface area contributed by atoms with E-state index in [4.69, 9.17) is 4.74 Å². The smallest absolute Gasteiger partial charge is 0.417 e. The summed E-state index contributed by atoms with van der Waals surface area (Å²) in [5.41, 5.74) is 0.245. The lowest BCUT2D eigenvalue weighted by Gasteiger charge is -2.20. The van der Waals surface area contributed by atoms with Crippen LogP contribution in [0.2, 0.25) is 0 Å². The van der Waals surface area contributed by atoms with Crippen molar-refractivity contribution in [2.75, 3.05) is 0 Å². The molecule has 4 nitrogen and oxygen atoms in total. The van der Waals surface area contributed by atoms with E-state index < -0.39 is 29.3 Å². The average Bonchev–Trinajstić information content (AvgIpc) is 2.65. The molecule has 0 radical (unpaired) electrons. The van der Waals surface area contributed by atoms with Crippen LogP contribution in [-0.2, 0) is 17.5 Å². The molecule has 7 heteroatoms. The quantitative estimate of drug-likeness (QED) is 0.742. The Balaban J connectivity index is 2.20. The fraction of sp³-hybridized carbons (Fsp3) is 0.333. The number of nitrogens with one attached hydrogen (secondary N) is 1. The van der Waals surface area contributed by atoms with Crippen LogP contribution in [0.1, 0.15) is 42.0 Å². The summed E-state index contributed by atoms with van der Waals surface area (Å²) >= 11 is 0. The number of hydrogen-bond acceptors (Lipinski definition) is 3. The topological polar surface area (TPSA) is 62.1 Å². The molecule has 0 aromatic heterocycles. The van der Waals surface area contributed by atoms with Crippen LogP contribution in [0.3, 0.4) is 0 Å². The highest BCUT2D eigenvalue weighted by Gasteiger charge is 2.35. The highest BCUT2D eigenvalue weighted by molar-refractivity contribution is 5.81. The first-order valence-electron chi connectivity index (χ1n) is 8.87. The van der Waals surface area contributed by atoms with Crippen LogP contribution in [0.5, 0.6) is 5.75 Å². The van der Waals surface area contributed by atoms with Gasteiger partial charge in [-0.2, -0.15) is 18.4 Å². The van der Waals surface area contributed by atoms with Crippen LogP contribution in [0.4, 0.5) is 13.2 Å². The summed E-state index contributed by atoms with van der Waals surface area (Å²) in [5, 5.41) is 12.0. The predicted octanol–water partition coefficient (Wildman–Crippen LogP) is 4.75. The molecule has 0 saturated carbocycles. The zero-order valence-electron chi connectivity index (χ0n) is 15.6. The van der Waals surface area contributed by atoms with Gasteiger partial charge in [-0.3, -0.25) is 4.79 Å². The number of amides is 1. The van der Waals surface area contributed by atoms with Crippen LogP contribution in [0, 0.1) is 18.3 Å². The highest BCUT2D eigenvalue weighted by atomic mass is 19.4. The zero-order chi connectivity index (χ0) is 20.7. The van der Waals surface area contributed by atoms with Crippen molar-refractivity contribution in [3.8, 4) is 11.8 Å². The van der Waals surface area contributed by atoms with E-state index in [0.717, 1.165) is 23.3 Å². The summed E-state index contributed by atoms with van der Waals surface area (Å²) < 4.78 is 44.9. The number of hydrogen-bond donors (Lipinski definition) is 1. The van der Waals surface area contributed by atoms with Gasteiger partial charge in [0, 0.05) is 6.54 Å². The summed E-state index contributed by atoms with van der Waals surface area (Å²) in [5.74, 6) is -0.687. The summed E-state index contributed by atoms with van der Waals surface area (Å²) in [6.45, 7) is 4.04. The maximum atomic E-state index is 13.1. The first-order chi connectivity index (χ1) is 13.3. The number of carbonyl (C=O) groups excluding carboxylic acids is 1. The van der Waals surface area contributed by atoms with Gasteiger partial charge in [-0.25, -0.2) is 0 Å². The number of ether oxygens (including phenoxy) is 1. The third-order valence-corrected chi connectivity index (χ3v) is 4.27. The number of carbonyl (C=O) groups is 1. The number of alkyl halides is 3. The molecule has 0 saturated heterocycles. The Morgan fingerprint density at radius 1 is 1.21 bits per heavy atom. The van der Waals surface area contributed by atoms with E-state index in [1.165, 1.54) is 6.07 Å². The molecule has 0 aliphatic carbocycles. The van der Waals surface area contributed by atoms with E-state index in [9.17, 15) is 23.2 Å². The number of benzene rings is 2. The van der Waals surface area contributed by atoms with Crippen molar-refractivity contribution >= 4 is 5.91 Å². The summed E-state index contributed by atoms with van der Waals surface area (Å²) in [4.78, 5) is 12.6. The number of nitriles is 1. The standard InChI is InChI=1S/C21H21F3N2O2/c1-3-7-19(20(27)26-13-15-9-5-4-8-14(15)2)28-18-11-6-10-17(16(18)12-25)21(22,23)24/h4-6,8-11,19H,3,7,13H2,1-2H3,(H,26,27)/t19-/m1/s1. The fourth-order valence-electron chi connectivity index (χ4n) is 2.74. The van der Waals surface area contributed by atoms with Gasteiger partial charge in [0.05, 0.1) is 5.56 Å². The van der Waals surface area contributed by atoms with Crippen LogP contribution in [-0.4, -0.2) is 12.0 Å². The largest absolute Gasteiger partial charge is 0.479 e. The van der Waals surface area contributed by atoms with Crippen molar-refractivity contribution in [2.24, 2.45) is 0 Å². The normalized spacial score (nSPS) is 12.1. The lowest BCUT2D eigenvalue weighted by molar-refractivity contribution is -0.137. The lowest BCUT2D eigenvalue weighted by atomic mass is 10.1. The van der Waals surface area contributed by atoms with Crippen LogP contribution >= 0.6 is 0 Å². The Hall–Kier alpha value is -3.01. The third-order valence-electron chi connectivity index (χ3n) is 4.27. The van der Waals surface area contributed by atoms with E-state index in [1.54, 1.807) is 6.07 Å². The molecule has 1 atom stereocenters. The summed E-state index contributed by atoms with van der Waals surface area (Å²) in [6.07, 6.45) is -4.79. The molecule has 0 heterocycles. The van der Waals surface area contributed by atoms with Crippen molar-refractivity contribution in [1.82, 2.24) is 5.32 Å². The van der Waals surface area contributed by atoms with Crippen molar-refractivity contribution in [3.05, 3.63) is 64.7 Å². The van der Waals surface area contributed by atoms with Crippen LogP contribution in [0.25, 0.3) is 0 Å². The van der Waals surface area contributed by atoms with E-state index in [0.29, 0.717) is 12.8 Å². The molecule has 0 aliphatic rings. The maximum absolute atomic E-state index is 13.1. The van der Waals surface area contributed by atoms with Crippen molar-refractivity contribution in [3.63, 3.8) is 0 Å². The van der Waals surface area contributed by atoms with E-state index >= 15 is 0 Å². The number of nitrogens with zero attached hydrogens (tertiary/aromatic N) is 1. The van der Waals surface area contributed by atoms with Gasteiger partial charge in [0.2, 0.25) is 0 Å². The number of aryl methyl sites for hydroxylation is 1. The molecule has 148 valence electrons. The molecule has 0 aliphatic heterocycles. The second kappa shape index (κ2) is 9.27. The van der Waals surface area contributed by atoms with Gasteiger partial charge in [0.1, 0.15) is 17.4 Å².